The molecule has 1 aromatic carbocycles. The number of benzene rings is 1. The van der Waals surface area contributed by atoms with Crippen LogP contribution in [0.25, 0.3) is 11.3 Å². The lowest BCUT2D eigenvalue weighted by molar-refractivity contribution is 1.28. The number of nitriles is 1. The van der Waals surface area contributed by atoms with E-state index in [1.54, 1.807) is 6.07 Å². The molecule has 0 aliphatic carbocycles. The minimum atomic E-state index is 0.647. The lowest BCUT2D eigenvalue weighted by Gasteiger charge is -2.01. The molecule has 0 saturated carbocycles. The van der Waals surface area contributed by atoms with Gasteiger partial charge in [0.25, 0.3) is 0 Å². The second-order valence-corrected chi connectivity index (χ2v) is 3.85. The van der Waals surface area contributed by atoms with Crippen LogP contribution >= 0.6 is 15.9 Å². The van der Waals surface area contributed by atoms with Gasteiger partial charge in [-0.1, -0.05) is 18.2 Å². The molecule has 0 unspecified atom stereocenters. The second-order valence-electron chi connectivity index (χ2n) is 3.04. The number of hydrogen-bond donors (Lipinski definition) is 0. The average molecular weight is 259 g/mol. The van der Waals surface area contributed by atoms with Crippen molar-refractivity contribution < 1.29 is 0 Å². The second kappa shape index (κ2) is 4.24. The third-order valence-electron chi connectivity index (χ3n) is 2.00. The number of hydrogen-bond acceptors (Lipinski definition) is 2. The van der Waals surface area contributed by atoms with Gasteiger partial charge in [-0.05, 0) is 40.2 Å². The molecule has 2 rings (SSSR count). The predicted octanol–water partition coefficient (Wildman–Crippen LogP) is 3.38. The normalized spacial score (nSPS) is 9.60. The molecule has 0 spiro atoms. The molecule has 72 valence electrons. The molecular weight excluding hydrogens is 252 g/mol. The molecule has 1 heterocycles. The van der Waals surface area contributed by atoms with Crippen molar-refractivity contribution in [1.29, 1.82) is 5.26 Å². The summed E-state index contributed by atoms with van der Waals surface area (Å²) in [6.07, 6.45) is 0. The third-order valence-corrected chi connectivity index (χ3v) is 2.44. The Morgan fingerprint density at radius 1 is 1.13 bits per heavy atom. The van der Waals surface area contributed by atoms with Gasteiger partial charge in [-0.2, -0.15) is 5.26 Å². The summed E-state index contributed by atoms with van der Waals surface area (Å²) in [4.78, 5) is 4.33. The molecule has 0 atom stereocenters. The van der Waals surface area contributed by atoms with Gasteiger partial charge in [-0.15, -0.1) is 0 Å². The summed E-state index contributed by atoms with van der Waals surface area (Å²) in [6, 6.07) is 15.2. The highest BCUT2D eigenvalue weighted by atomic mass is 79.9. The lowest BCUT2D eigenvalue weighted by atomic mass is 10.1. The van der Waals surface area contributed by atoms with E-state index >= 15 is 0 Å². The average Bonchev–Trinajstić information content (AvgIpc) is 2.29. The highest BCUT2D eigenvalue weighted by molar-refractivity contribution is 9.10. The predicted molar refractivity (Wildman–Crippen MR) is 62.1 cm³/mol. The Morgan fingerprint density at radius 2 is 1.93 bits per heavy atom. The standard InChI is InChI=1S/C12H7BrN2/c13-12-6-2-5-11(15-12)10-4-1-3-9(7-10)8-14/h1-7H. The van der Waals surface area contributed by atoms with Gasteiger partial charge in [0.2, 0.25) is 0 Å². The van der Waals surface area contributed by atoms with Crippen molar-refractivity contribution in [3.8, 4) is 17.3 Å². The van der Waals surface area contributed by atoms with Gasteiger partial charge in [0, 0.05) is 5.56 Å². The first kappa shape index (κ1) is 9.88. The summed E-state index contributed by atoms with van der Waals surface area (Å²) >= 11 is 3.32. The van der Waals surface area contributed by atoms with E-state index in [4.69, 9.17) is 5.26 Å². The van der Waals surface area contributed by atoms with E-state index in [1.165, 1.54) is 0 Å². The Morgan fingerprint density at radius 3 is 2.67 bits per heavy atom. The van der Waals surface area contributed by atoms with Crippen LogP contribution < -0.4 is 0 Å². The molecule has 0 aliphatic rings. The Bertz CT molecular complexity index is 529. The first-order chi connectivity index (χ1) is 7.29. The molecule has 0 fully saturated rings. The van der Waals surface area contributed by atoms with E-state index in [2.05, 4.69) is 27.0 Å². The van der Waals surface area contributed by atoms with Crippen LogP contribution in [0, 0.1) is 11.3 Å². The molecular formula is C12H7BrN2. The van der Waals surface area contributed by atoms with Crippen LogP contribution in [0.4, 0.5) is 0 Å². The van der Waals surface area contributed by atoms with E-state index in [-0.39, 0.29) is 0 Å². The fourth-order valence-corrected chi connectivity index (χ4v) is 1.66. The number of halogens is 1. The molecule has 0 amide bonds. The monoisotopic (exact) mass is 258 g/mol. The zero-order valence-corrected chi connectivity index (χ0v) is 9.40. The molecule has 0 aliphatic heterocycles. The fourth-order valence-electron chi connectivity index (χ4n) is 1.32. The van der Waals surface area contributed by atoms with Gasteiger partial charge < -0.3 is 0 Å². The van der Waals surface area contributed by atoms with Crippen molar-refractivity contribution in [2.75, 3.05) is 0 Å². The summed E-state index contributed by atoms with van der Waals surface area (Å²) in [7, 11) is 0. The van der Waals surface area contributed by atoms with Crippen molar-refractivity contribution in [3.05, 3.63) is 52.6 Å². The van der Waals surface area contributed by atoms with E-state index in [9.17, 15) is 0 Å². The van der Waals surface area contributed by atoms with Crippen LogP contribution in [-0.4, -0.2) is 4.98 Å². The Labute approximate surface area is 96.3 Å². The zero-order valence-electron chi connectivity index (χ0n) is 7.81. The van der Waals surface area contributed by atoms with Crippen LogP contribution in [0.3, 0.4) is 0 Å². The van der Waals surface area contributed by atoms with Gasteiger partial charge in [-0.25, -0.2) is 4.98 Å². The third kappa shape index (κ3) is 2.23. The maximum absolute atomic E-state index is 8.78. The number of rotatable bonds is 1. The summed E-state index contributed by atoms with van der Waals surface area (Å²) in [5.41, 5.74) is 2.46. The minimum Gasteiger partial charge on any atom is -0.241 e. The Kier molecular flexibility index (Phi) is 2.79. The van der Waals surface area contributed by atoms with Crippen LogP contribution in [0.15, 0.2) is 47.1 Å². The van der Waals surface area contributed by atoms with Crippen LogP contribution in [0.2, 0.25) is 0 Å². The highest BCUT2D eigenvalue weighted by Gasteiger charge is 2.00. The Hall–Kier alpha value is -1.66. The molecule has 1 aromatic heterocycles. The van der Waals surface area contributed by atoms with Crippen LogP contribution in [0.1, 0.15) is 5.56 Å². The van der Waals surface area contributed by atoms with E-state index < -0.39 is 0 Å². The number of pyridine rings is 1. The van der Waals surface area contributed by atoms with Crippen molar-refractivity contribution in [3.63, 3.8) is 0 Å². The summed E-state index contributed by atoms with van der Waals surface area (Å²) < 4.78 is 0.794. The quantitative estimate of drug-likeness (QED) is 0.736. The van der Waals surface area contributed by atoms with Crippen molar-refractivity contribution in [2.45, 2.75) is 0 Å². The van der Waals surface area contributed by atoms with Crippen molar-refractivity contribution in [2.24, 2.45) is 0 Å². The fraction of sp³-hybridized carbons (Fsp3) is 0. The summed E-state index contributed by atoms with van der Waals surface area (Å²) in [6.45, 7) is 0. The molecule has 0 radical (unpaired) electrons. The molecule has 15 heavy (non-hydrogen) atoms. The van der Waals surface area contributed by atoms with Crippen molar-refractivity contribution >= 4 is 15.9 Å². The molecule has 2 aromatic rings. The molecule has 2 nitrogen and oxygen atoms in total. The van der Waals surface area contributed by atoms with Gasteiger partial charge in [0.1, 0.15) is 4.60 Å². The summed E-state index contributed by atoms with van der Waals surface area (Å²) in [5.74, 6) is 0. The van der Waals surface area contributed by atoms with Crippen molar-refractivity contribution in [1.82, 2.24) is 4.98 Å². The first-order valence-electron chi connectivity index (χ1n) is 4.43. The molecule has 0 bridgehead atoms. The topological polar surface area (TPSA) is 36.7 Å². The highest BCUT2D eigenvalue weighted by Crippen LogP contribution is 2.19. The minimum absolute atomic E-state index is 0.647. The SMILES string of the molecule is N#Cc1cccc(-c2cccc(Br)n2)c1. The lowest BCUT2D eigenvalue weighted by Crippen LogP contribution is -1.84. The van der Waals surface area contributed by atoms with E-state index in [0.717, 1.165) is 15.9 Å². The van der Waals surface area contributed by atoms with Gasteiger partial charge in [-0.3, -0.25) is 0 Å². The maximum atomic E-state index is 8.78. The van der Waals surface area contributed by atoms with Crippen LogP contribution in [-0.2, 0) is 0 Å². The van der Waals surface area contributed by atoms with Crippen LogP contribution in [0.5, 0.6) is 0 Å². The smallest absolute Gasteiger partial charge is 0.106 e. The zero-order chi connectivity index (χ0) is 10.7. The van der Waals surface area contributed by atoms with Gasteiger partial charge in [0.05, 0.1) is 17.3 Å². The molecule has 0 saturated heterocycles. The number of aromatic nitrogens is 1. The first-order valence-corrected chi connectivity index (χ1v) is 5.22. The van der Waals surface area contributed by atoms with E-state index in [0.29, 0.717) is 5.56 Å². The largest absolute Gasteiger partial charge is 0.241 e. The maximum Gasteiger partial charge on any atom is 0.106 e. The molecule has 3 heteroatoms. The molecule has 0 N–H and O–H groups in total. The summed E-state index contributed by atoms with van der Waals surface area (Å²) in [5, 5.41) is 8.78. The van der Waals surface area contributed by atoms with Gasteiger partial charge >= 0.3 is 0 Å². The van der Waals surface area contributed by atoms with Gasteiger partial charge in [0.15, 0.2) is 0 Å². The number of nitrogens with zero attached hydrogens (tertiary/aromatic N) is 2. The Balaban J connectivity index is 2.50. The van der Waals surface area contributed by atoms with E-state index in [1.807, 2.05) is 36.4 Å².